The van der Waals surface area contributed by atoms with E-state index in [-0.39, 0.29) is 5.56 Å². The first-order chi connectivity index (χ1) is 13.7. The first-order valence-corrected chi connectivity index (χ1v) is 10.1. The summed E-state index contributed by atoms with van der Waals surface area (Å²) in [5, 5.41) is 0.675. The Bertz CT molecular complexity index is 1140. The molecule has 0 atom stereocenters. The molecule has 0 fully saturated rings. The molecule has 0 bridgehead atoms. The monoisotopic (exact) mass is 388 g/mol. The van der Waals surface area contributed by atoms with Gasteiger partial charge in [-0.25, -0.2) is 15.0 Å². The second kappa shape index (κ2) is 8.35. The molecular weight excluding hydrogens is 368 g/mol. The van der Waals surface area contributed by atoms with Gasteiger partial charge in [0.15, 0.2) is 16.3 Å². The van der Waals surface area contributed by atoms with Crippen LogP contribution in [-0.2, 0) is 18.7 Å². The third-order valence-corrected chi connectivity index (χ3v) is 5.56. The first-order valence-electron chi connectivity index (χ1n) is 9.14. The van der Waals surface area contributed by atoms with Crippen LogP contribution < -0.4 is 5.56 Å². The van der Waals surface area contributed by atoms with Gasteiger partial charge in [0.2, 0.25) is 0 Å². The van der Waals surface area contributed by atoms with Crippen molar-refractivity contribution in [3.63, 3.8) is 0 Å². The maximum atomic E-state index is 13.0. The van der Waals surface area contributed by atoms with Crippen molar-refractivity contribution in [2.75, 3.05) is 0 Å². The van der Waals surface area contributed by atoms with E-state index in [1.165, 1.54) is 22.9 Å². The maximum absolute atomic E-state index is 13.0. The highest BCUT2D eigenvalue weighted by Gasteiger charge is 2.13. The molecule has 0 saturated carbocycles. The fourth-order valence-electron chi connectivity index (χ4n) is 2.95. The number of benzene rings is 2. The van der Waals surface area contributed by atoms with Gasteiger partial charge in [-0.1, -0.05) is 71.9 Å². The Kier molecular flexibility index (Phi) is 5.48. The lowest BCUT2D eigenvalue weighted by atomic mass is 10.1. The normalized spacial score (nSPS) is 11.0. The second-order valence-electron chi connectivity index (χ2n) is 6.59. The van der Waals surface area contributed by atoms with Gasteiger partial charge in [0.05, 0.1) is 0 Å². The minimum absolute atomic E-state index is 0.138. The predicted molar refractivity (Wildman–Crippen MR) is 112 cm³/mol. The van der Waals surface area contributed by atoms with Gasteiger partial charge in [-0.15, -0.1) is 0 Å². The summed E-state index contributed by atoms with van der Waals surface area (Å²) in [6.45, 7) is 2.63. The molecule has 5 nitrogen and oxygen atoms in total. The number of hydrogen-bond donors (Lipinski definition) is 0. The van der Waals surface area contributed by atoms with E-state index in [1.54, 1.807) is 22.5 Å². The van der Waals surface area contributed by atoms with Crippen molar-refractivity contribution in [2.45, 2.75) is 30.8 Å². The van der Waals surface area contributed by atoms with Crippen LogP contribution in [0.1, 0.15) is 16.7 Å². The zero-order valence-corrected chi connectivity index (χ0v) is 16.4. The second-order valence-corrected chi connectivity index (χ2v) is 7.53. The molecule has 0 aliphatic carbocycles. The molecule has 2 aromatic carbocycles. The largest absolute Gasteiger partial charge is 0.285 e. The average Bonchev–Trinajstić information content (AvgIpc) is 2.74. The molecule has 4 aromatic rings. The summed E-state index contributed by atoms with van der Waals surface area (Å²) in [7, 11) is 0. The van der Waals surface area contributed by atoms with Crippen molar-refractivity contribution in [3.8, 4) is 0 Å². The smallest absolute Gasteiger partial charge is 0.282 e. The molecule has 0 aliphatic heterocycles. The summed E-state index contributed by atoms with van der Waals surface area (Å²) in [6.07, 6.45) is 3.86. The number of aryl methyl sites for hydroxylation is 2. The summed E-state index contributed by atoms with van der Waals surface area (Å²) in [5.41, 5.74) is 4.18. The van der Waals surface area contributed by atoms with E-state index < -0.39 is 0 Å². The maximum Gasteiger partial charge on any atom is 0.282 e. The number of nitrogens with zero attached hydrogens (tertiary/aromatic N) is 4. The van der Waals surface area contributed by atoms with E-state index in [0.717, 1.165) is 12.2 Å². The van der Waals surface area contributed by atoms with E-state index in [9.17, 15) is 4.79 Å². The van der Waals surface area contributed by atoms with E-state index in [4.69, 9.17) is 0 Å². The number of thioether (sulfide) groups is 1. The van der Waals surface area contributed by atoms with Crippen LogP contribution in [0.5, 0.6) is 0 Å². The summed E-state index contributed by atoms with van der Waals surface area (Å²) in [6, 6.07) is 18.5. The molecule has 28 heavy (non-hydrogen) atoms. The topological polar surface area (TPSA) is 60.7 Å². The Labute approximate surface area is 167 Å². The molecule has 4 rings (SSSR count). The van der Waals surface area contributed by atoms with Crippen LogP contribution in [0.25, 0.3) is 11.2 Å². The van der Waals surface area contributed by atoms with Crippen LogP contribution in [0.3, 0.4) is 0 Å². The van der Waals surface area contributed by atoms with E-state index >= 15 is 0 Å². The van der Waals surface area contributed by atoms with Crippen LogP contribution in [0.2, 0.25) is 0 Å². The van der Waals surface area contributed by atoms with Crippen LogP contribution in [0.15, 0.2) is 76.9 Å². The SMILES string of the molecule is Cc1ccc(CSc2nc3nccnc3c(=O)n2CCc2ccccc2)cc1. The zero-order valence-electron chi connectivity index (χ0n) is 15.6. The molecule has 0 saturated heterocycles. The Morgan fingerprint density at radius 1 is 0.929 bits per heavy atom. The van der Waals surface area contributed by atoms with Crippen molar-refractivity contribution >= 4 is 22.9 Å². The number of fused-ring (bicyclic) bond motifs is 1. The van der Waals surface area contributed by atoms with Gasteiger partial charge in [0.25, 0.3) is 5.56 Å². The third kappa shape index (κ3) is 4.12. The molecule has 2 heterocycles. The summed E-state index contributed by atoms with van der Waals surface area (Å²) in [4.78, 5) is 26.1. The number of rotatable bonds is 6. The molecule has 0 radical (unpaired) electrons. The Morgan fingerprint density at radius 3 is 2.46 bits per heavy atom. The van der Waals surface area contributed by atoms with Crippen molar-refractivity contribution in [2.24, 2.45) is 0 Å². The third-order valence-electron chi connectivity index (χ3n) is 4.51. The lowest BCUT2D eigenvalue weighted by Gasteiger charge is -2.12. The Hall–Kier alpha value is -2.99. The van der Waals surface area contributed by atoms with Crippen molar-refractivity contribution in [3.05, 3.63) is 94.0 Å². The molecule has 0 amide bonds. The van der Waals surface area contributed by atoms with Gasteiger partial charge in [-0.05, 0) is 24.5 Å². The number of hydrogen-bond acceptors (Lipinski definition) is 5. The summed E-state index contributed by atoms with van der Waals surface area (Å²) >= 11 is 1.55. The van der Waals surface area contributed by atoms with Crippen LogP contribution in [0, 0.1) is 6.92 Å². The minimum atomic E-state index is -0.138. The van der Waals surface area contributed by atoms with Crippen molar-refractivity contribution in [1.29, 1.82) is 0 Å². The predicted octanol–water partition coefficient (Wildman–Crippen LogP) is 4.03. The molecular formula is C22H20N4OS. The molecule has 2 aromatic heterocycles. The Balaban J connectivity index is 1.66. The highest BCUT2D eigenvalue weighted by atomic mass is 32.2. The van der Waals surface area contributed by atoms with Crippen LogP contribution >= 0.6 is 11.8 Å². The van der Waals surface area contributed by atoms with Gasteiger partial charge >= 0.3 is 0 Å². The van der Waals surface area contributed by atoms with Gasteiger partial charge in [0, 0.05) is 24.7 Å². The average molecular weight is 388 g/mol. The molecule has 0 unspecified atom stereocenters. The lowest BCUT2D eigenvalue weighted by molar-refractivity contribution is 0.593. The zero-order chi connectivity index (χ0) is 19.3. The molecule has 0 N–H and O–H groups in total. The van der Waals surface area contributed by atoms with Crippen LogP contribution in [0.4, 0.5) is 0 Å². The fraction of sp³-hybridized carbons (Fsp3) is 0.182. The highest BCUT2D eigenvalue weighted by Crippen LogP contribution is 2.22. The minimum Gasteiger partial charge on any atom is -0.285 e. The lowest BCUT2D eigenvalue weighted by Crippen LogP contribution is -2.25. The first kappa shape index (κ1) is 18.4. The van der Waals surface area contributed by atoms with Crippen molar-refractivity contribution in [1.82, 2.24) is 19.5 Å². The molecule has 140 valence electrons. The van der Waals surface area contributed by atoms with Gasteiger partial charge in [-0.3, -0.25) is 9.36 Å². The van der Waals surface area contributed by atoms with E-state index in [1.807, 2.05) is 18.2 Å². The molecule has 0 aliphatic rings. The fourth-order valence-corrected chi connectivity index (χ4v) is 3.92. The quantitative estimate of drug-likeness (QED) is 0.369. The van der Waals surface area contributed by atoms with Crippen molar-refractivity contribution < 1.29 is 0 Å². The summed E-state index contributed by atoms with van der Waals surface area (Å²) in [5.74, 6) is 0.740. The van der Waals surface area contributed by atoms with Gasteiger partial charge in [-0.2, -0.15) is 0 Å². The van der Waals surface area contributed by atoms with Crippen LogP contribution in [-0.4, -0.2) is 19.5 Å². The molecule has 0 spiro atoms. The van der Waals surface area contributed by atoms with Gasteiger partial charge in [0.1, 0.15) is 0 Å². The summed E-state index contributed by atoms with van der Waals surface area (Å²) < 4.78 is 1.73. The van der Waals surface area contributed by atoms with Gasteiger partial charge < -0.3 is 0 Å². The standard InChI is InChI=1S/C22H20N4OS/c1-16-7-9-18(10-8-16)15-28-22-25-20-19(23-12-13-24-20)21(27)26(22)14-11-17-5-3-2-4-6-17/h2-10,12-13H,11,14-15H2,1H3. The molecule has 6 heteroatoms. The Morgan fingerprint density at radius 2 is 1.68 bits per heavy atom. The van der Waals surface area contributed by atoms with E-state index in [0.29, 0.717) is 22.9 Å². The highest BCUT2D eigenvalue weighted by molar-refractivity contribution is 7.98. The van der Waals surface area contributed by atoms with E-state index in [2.05, 4.69) is 58.3 Å². The number of aromatic nitrogens is 4.